The highest BCUT2D eigenvalue weighted by molar-refractivity contribution is 6.01. The molecular weight excluding hydrogens is 320 g/mol. The summed E-state index contributed by atoms with van der Waals surface area (Å²) in [6, 6.07) is 0.267. The van der Waals surface area contributed by atoms with Gasteiger partial charge in [-0.1, -0.05) is 13.3 Å². The second kappa shape index (κ2) is 7.99. The third kappa shape index (κ3) is 4.21. The molecule has 3 heterocycles. The van der Waals surface area contributed by atoms with Gasteiger partial charge in [0.2, 0.25) is 5.91 Å². The molecule has 0 saturated carbocycles. The van der Waals surface area contributed by atoms with Gasteiger partial charge in [0.25, 0.3) is 0 Å². The molecule has 1 saturated heterocycles. The minimum absolute atomic E-state index is 0.0234. The first-order valence-electron chi connectivity index (χ1n) is 9.29. The van der Waals surface area contributed by atoms with Crippen LogP contribution in [0.5, 0.6) is 6.01 Å². The lowest BCUT2D eigenvalue weighted by molar-refractivity contribution is -0.117. The fourth-order valence-corrected chi connectivity index (χ4v) is 3.50. The Balaban J connectivity index is 1.72. The van der Waals surface area contributed by atoms with E-state index >= 15 is 0 Å². The molecule has 0 spiro atoms. The van der Waals surface area contributed by atoms with Gasteiger partial charge in [0.15, 0.2) is 0 Å². The van der Waals surface area contributed by atoms with E-state index in [4.69, 9.17) is 15.2 Å². The van der Waals surface area contributed by atoms with E-state index in [9.17, 15) is 4.79 Å². The maximum absolute atomic E-state index is 12.4. The highest BCUT2D eigenvalue weighted by Gasteiger charge is 2.32. The van der Waals surface area contributed by atoms with Gasteiger partial charge in [-0.15, -0.1) is 0 Å². The number of nitrogens with two attached hydrogens (primary N) is 1. The van der Waals surface area contributed by atoms with Crippen molar-refractivity contribution in [1.82, 2.24) is 9.97 Å². The fraction of sp³-hybridized carbons (Fsp3) is 0.722. The van der Waals surface area contributed by atoms with E-state index in [1.165, 1.54) is 0 Å². The van der Waals surface area contributed by atoms with E-state index in [2.05, 4.69) is 16.9 Å². The summed E-state index contributed by atoms with van der Waals surface area (Å²) in [6.07, 6.45) is 5.33. The zero-order valence-corrected chi connectivity index (χ0v) is 15.2. The van der Waals surface area contributed by atoms with Crippen LogP contribution in [-0.2, 0) is 16.0 Å². The van der Waals surface area contributed by atoms with E-state index in [-0.39, 0.29) is 24.4 Å². The summed E-state index contributed by atoms with van der Waals surface area (Å²) >= 11 is 0. The number of fused-ring (bicyclic) bond motifs is 1. The van der Waals surface area contributed by atoms with Crippen molar-refractivity contribution in [3.8, 4) is 6.01 Å². The summed E-state index contributed by atoms with van der Waals surface area (Å²) in [5.74, 6) is 1.63. The van der Waals surface area contributed by atoms with Crippen LogP contribution in [0.15, 0.2) is 0 Å². The monoisotopic (exact) mass is 348 g/mol. The molecule has 7 nitrogen and oxygen atoms in total. The molecule has 0 aromatic carbocycles. The Morgan fingerprint density at radius 3 is 2.84 bits per heavy atom. The molecule has 1 aromatic rings. The quantitative estimate of drug-likeness (QED) is 0.813. The summed E-state index contributed by atoms with van der Waals surface area (Å²) in [4.78, 5) is 22.9. The number of carbonyl (C=O) groups is 1. The van der Waals surface area contributed by atoms with Gasteiger partial charge in [-0.25, -0.2) is 0 Å². The Bertz CT molecular complexity index is 617. The topological polar surface area (TPSA) is 90.6 Å². The predicted octanol–water partition coefficient (Wildman–Crippen LogP) is 2.33. The Morgan fingerprint density at radius 2 is 2.12 bits per heavy atom. The Hall–Kier alpha value is -1.89. The van der Waals surface area contributed by atoms with Crippen molar-refractivity contribution >= 4 is 17.5 Å². The van der Waals surface area contributed by atoms with E-state index in [1.807, 2.05) is 6.92 Å². The van der Waals surface area contributed by atoms with Crippen LogP contribution in [0.2, 0.25) is 0 Å². The van der Waals surface area contributed by atoms with Crippen molar-refractivity contribution < 1.29 is 14.3 Å². The zero-order chi connectivity index (χ0) is 17.8. The van der Waals surface area contributed by atoms with Crippen molar-refractivity contribution in [3.05, 3.63) is 5.56 Å². The Labute approximate surface area is 148 Å². The van der Waals surface area contributed by atoms with Gasteiger partial charge in [0.1, 0.15) is 11.6 Å². The summed E-state index contributed by atoms with van der Waals surface area (Å²) in [7, 11) is 0. The average Bonchev–Trinajstić information content (AvgIpc) is 2.90. The molecule has 25 heavy (non-hydrogen) atoms. The number of rotatable bonds is 7. The zero-order valence-electron chi connectivity index (χ0n) is 15.2. The second-order valence-electron chi connectivity index (χ2n) is 6.98. The van der Waals surface area contributed by atoms with Gasteiger partial charge < -0.3 is 15.2 Å². The third-order valence-electron chi connectivity index (χ3n) is 4.99. The van der Waals surface area contributed by atoms with Crippen molar-refractivity contribution in [2.45, 2.75) is 58.5 Å². The minimum atomic E-state index is 0.0234. The average molecular weight is 348 g/mol. The van der Waals surface area contributed by atoms with Crippen molar-refractivity contribution in [1.29, 1.82) is 0 Å². The number of aromatic nitrogens is 2. The maximum atomic E-state index is 12.4. The van der Waals surface area contributed by atoms with Gasteiger partial charge in [-0.2, -0.15) is 9.97 Å². The molecule has 7 heteroatoms. The summed E-state index contributed by atoms with van der Waals surface area (Å²) in [5, 5.41) is 0. The van der Waals surface area contributed by atoms with E-state index in [0.29, 0.717) is 24.1 Å². The minimum Gasteiger partial charge on any atom is -0.460 e. The first-order valence-corrected chi connectivity index (χ1v) is 9.29. The first kappa shape index (κ1) is 17.9. The van der Waals surface area contributed by atoms with Crippen LogP contribution in [-0.4, -0.2) is 41.7 Å². The fourth-order valence-electron chi connectivity index (χ4n) is 3.50. The Kier molecular flexibility index (Phi) is 5.73. The molecule has 0 bridgehead atoms. The number of ether oxygens (including phenoxy) is 2. The number of carbonyl (C=O) groups excluding carboxylic acids is 1. The smallest absolute Gasteiger partial charge is 0.320 e. The molecule has 0 radical (unpaired) electrons. The van der Waals surface area contributed by atoms with Crippen LogP contribution in [0.1, 0.15) is 51.5 Å². The Morgan fingerprint density at radius 1 is 1.36 bits per heavy atom. The summed E-state index contributed by atoms with van der Waals surface area (Å²) < 4.78 is 11.2. The largest absolute Gasteiger partial charge is 0.460 e. The molecule has 2 aliphatic heterocycles. The molecule has 138 valence electrons. The summed E-state index contributed by atoms with van der Waals surface area (Å²) in [5.41, 5.74) is 6.79. The van der Waals surface area contributed by atoms with Crippen LogP contribution in [0, 0.1) is 5.92 Å². The number of hydrogen-bond donors (Lipinski definition) is 1. The molecular formula is C18H28N4O3. The van der Waals surface area contributed by atoms with Gasteiger partial charge in [0.05, 0.1) is 12.5 Å². The lowest BCUT2D eigenvalue weighted by Gasteiger charge is -2.24. The lowest BCUT2D eigenvalue weighted by Crippen LogP contribution is -2.31. The number of nitrogen functional groups attached to an aromatic ring is 1. The van der Waals surface area contributed by atoms with Gasteiger partial charge >= 0.3 is 6.01 Å². The van der Waals surface area contributed by atoms with Gasteiger partial charge in [-0.3, -0.25) is 9.69 Å². The maximum Gasteiger partial charge on any atom is 0.320 e. The molecule has 1 fully saturated rings. The van der Waals surface area contributed by atoms with Crippen LogP contribution in [0.4, 0.5) is 11.6 Å². The van der Waals surface area contributed by atoms with Crippen LogP contribution in [0.25, 0.3) is 0 Å². The number of anilines is 2. The van der Waals surface area contributed by atoms with Gasteiger partial charge in [-0.05, 0) is 38.5 Å². The molecule has 0 aliphatic carbocycles. The highest BCUT2D eigenvalue weighted by Crippen LogP contribution is 2.33. The van der Waals surface area contributed by atoms with E-state index < -0.39 is 0 Å². The lowest BCUT2D eigenvalue weighted by atomic mass is 9.96. The molecule has 1 amide bonds. The number of amides is 1. The molecule has 1 atom stereocenters. The van der Waals surface area contributed by atoms with Crippen molar-refractivity contribution in [2.75, 3.05) is 30.4 Å². The summed E-state index contributed by atoms with van der Waals surface area (Å²) in [6.45, 7) is 6.39. The van der Waals surface area contributed by atoms with Crippen LogP contribution in [0.3, 0.4) is 0 Å². The standard InChI is InChI=1S/C18H28N4O3/c1-3-4-12(2)25-18-20-16(19)14-11-15(23)22(17(14)21-18)8-5-13-6-9-24-10-7-13/h12-13H,3-11H2,1-2H3,(H2,19,20,21)/t12-/m0/s1. The van der Waals surface area contributed by atoms with E-state index in [1.54, 1.807) is 4.90 Å². The highest BCUT2D eigenvalue weighted by atomic mass is 16.5. The molecule has 0 unspecified atom stereocenters. The third-order valence-corrected chi connectivity index (χ3v) is 4.99. The molecule has 1 aromatic heterocycles. The number of nitrogens with zero attached hydrogens (tertiary/aromatic N) is 3. The van der Waals surface area contributed by atoms with Crippen molar-refractivity contribution in [2.24, 2.45) is 5.92 Å². The normalized spacial score (nSPS) is 19.1. The number of hydrogen-bond acceptors (Lipinski definition) is 6. The molecule has 2 aliphatic rings. The second-order valence-corrected chi connectivity index (χ2v) is 6.98. The van der Waals surface area contributed by atoms with Gasteiger partial charge in [0, 0.05) is 25.3 Å². The molecule has 2 N–H and O–H groups in total. The van der Waals surface area contributed by atoms with E-state index in [0.717, 1.165) is 50.9 Å². The van der Waals surface area contributed by atoms with Crippen molar-refractivity contribution in [3.63, 3.8) is 0 Å². The van der Waals surface area contributed by atoms with Crippen LogP contribution >= 0.6 is 0 Å². The molecule has 3 rings (SSSR count). The first-order chi connectivity index (χ1) is 12.1. The van der Waals surface area contributed by atoms with Crippen LogP contribution < -0.4 is 15.4 Å². The predicted molar refractivity (Wildman–Crippen MR) is 95.7 cm³/mol. The SMILES string of the molecule is CCC[C@H](C)Oc1nc(N)c2c(n1)N(CCC1CCOCC1)C(=O)C2.